The van der Waals surface area contributed by atoms with Crippen molar-refractivity contribution in [3.8, 4) is 22.5 Å². The third-order valence-corrected chi connectivity index (χ3v) is 6.00. The van der Waals surface area contributed by atoms with Gasteiger partial charge in [0.05, 0.1) is 23.3 Å². The molecule has 0 aliphatic heterocycles. The molecule has 32 heavy (non-hydrogen) atoms. The van der Waals surface area contributed by atoms with E-state index < -0.39 is 0 Å². The highest BCUT2D eigenvalue weighted by Gasteiger charge is 2.23. The summed E-state index contributed by atoms with van der Waals surface area (Å²) in [6, 6.07) is 18.4. The lowest BCUT2D eigenvalue weighted by Crippen LogP contribution is -2.25. The molecule has 1 N–H and O–H groups in total. The van der Waals surface area contributed by atoms with Crippen molar-refractivity contribution in [3.05, 3.63) is 78.2 Å². The van der Waals surface area contributed by atoms with E-state index in [1.807, 2.05) is 48.7 Å². The van der Waals surface area contributed by atoms with Crippen LogP contribution in [0.4, 0.5) is 0 Å². The molecule has 0 saturated heterocycles. The Kier molecular flexibility index (Phi) is 5.71. The van der Waals surface area contributed by atoms with E-state index in [4.69, 9.17) is 9.97 Å². The van der Waals surface area contributed by atoms with Crippen molar-refractivity contribution in [1.29, 1.82) is 0 Å². The molecule has 5 rings (SSSR count). The summed E-state index contributed by atoms with van der Waals surface area (Å²) in [6.07, 6.45) is 10.5. The third-order valence-electron chi connectivity index (χ3n) is 6.00. The second-order valence-corrected chi connectivity index (χ2v) is 8.56. The van der Waals surface area contributed by atoms with Crippen LogP contribution in [0.15, 0.2) is 67.0 Å². The number of benzene rings is 2. The highest BCUT2D eigenvalue weighted by Crippen LogP contribution is 2.27. The van der Waals surface area contributed by atoms with Crippen molar-refractivity contribution >= 4 is 11.6 Å². The van der Waals surface area contributed by atoms with Crippen molar-refractivity contribution in [1.82, 2.24) is 19.7 Å². The number of imidazole rings is 1. The number of unbranched alkanes of at least 4 members (excludes halogenated alkanes) is 2. The lowest BCUT2D eigenvalue weighted by molar-refractivity contribution is 0.0951. The normalized spacial score (nSPS) is 13.4. The zero-order valence-corrected chi connectivity index (χ0v) is 18.4. The molecule has 162 valence electrons. The van der Waals surface area contributed by atoms with Gasteiger partial charge in [-0.1, -0.05) is 62.2 Å². The van der Waals surface area contributed by atoms with Gasteiger partial charge < -0.3 is 5.32 Å². The van der Waals surface area contributed by atoms with Gasteiger partial charge in [-0.05, 0) is 37.8 Å². The molecule has 4 aromatic rings. The molecular formula is C27H28N4O. The van der Waals surface area contributed by atoms with E-state index in [9.17, 15) is 4.79 Å². The minimum absolute atomic E-state index is 0.00552. The van der Waals surface area contributed by atoms with E-state index >= 15 is 0 Å². The van der Waals surface area contributed by atoms with Crippen molar-refractivity contribution in [3.63, 3.8) is 0 Å². The SMILES string of the molecule is CCCCCc1nc(-c2ccccc2)cn2c(-c3ccc(C(=O)NC4CC4)cc3)cnc12. The molecular weight excluding hydrogens is 396 g/mol. The smallest absolute Gasteiger partial charge is 0.251 e. The van der Waals surface area contributed by atoms with Crippen LogP contribution in [0, 0.1) is 0 Å². The number of carbonyl (C=O) groups is 1. The first-order valence-electron chi connectivity index (χ1n) is 11.6. The van der Waals surface area contributed by atoms with Gasteiger partial charge in [-0.15, -0.1) is 0 Å². The van der Waals surface area contributed by atoms with Crippen molar-refractivity contribution < 1.29 is 4.79 Å². The van der Waals surface area contributed by atoms with Crippen molar-refractivity contribution in [2.75, 3.05) is 0 Å². The Balaban J connectivity index is 1.53. The number of hydrogen-bond acceptors (Lipinski definition) is 3. The molecule has 0 bridgehead atoms. The highest BCUT2D eigenvalue weighted by molar-refractivity contribution is 5.95. The van der Waals surface area contributed by atoms with Gasteiger partial charge in [0, 0.05) is 28.9 Å². The lowest BCUT2D eigenvalue weighted by Gasteiger charge is -2.10. The summed E-state index contributed by atoms with van der Waals surface area (Å²) >= 11 is 0. The summed E-state index contributed by atoms with van der Waals surface area (Å²) in [6.45, 7) is 2.21. The molecule has 5 heteroatoms. The van der Waals surface area contributed by atoms with Gasteiger partial charge in [-0.3, -0.25) is 9.20 Å². The van der Waals surface area contributed by atoms with Gasteiger partial charge in [0.15, 0.2) is 5.65 Å². The summed E-state index contributed by atoms with van der Waals surface area (Å²) in [5.41, 5.74) is 6.72. The van der Waals surface area contributed by atoms with E-state index in [0.29, 0.717) is 11.6 Å². The van der Waals surface area contributed by atoms with Gasteiger partial charge >= 0.3 is 0 Å². The summed E-state index contributed by atoms with van der Waals surface area (Å²) in [5, 5.41) is 3.05. The van der Waals surface area contributed by atoms with Gasteiger partial charge in [0.25, 0.3) is 5.91 Å². The van der Waals surface area contributed by atoms with E-state index in [0.717, 1.165) is 59.5 Å². The van der Waals surface area contributed by atoms with Gasteiger partial charge in [-0.2, -0.15) is 0 Å². The maximum absolute atomic E-state index is 12.3. The van der Waals surface area contributed by atoms with E-state index in [-0.39, 0.29) is 5.91 Å². The highest BCUT2D eigenvalue weighted by atomic mass is 16.1. The van der Waals surface area contributed by atoms with E-state index in [1.165, 1.54) is 12.8 Å². The summed E-state index contributed by atoms with van der Waals surface area (Å²) in [7, 11) is 0. The molecule has 0 unspecified atom stereocenters. The molecule has 2 aromatic heterocycles. The Morgan fingerprint density at radius 3 is 2.53 bits per heavy atom. The van der Waals surface area contributed by atoms with Gasteiger partial charge in [-0.25, -0.2) is 9.97 Å². The fourth-order valence-corrected chi connectivity index (χ4v) is 4.01. The molecule has 1 aliphatic carbocycles. The molecule has 0 atom stereocenters. The number of rotatable bonds is 8. The zero-order chi connectivity index (χ0) is 21.9. The first-order valence-corrected chi connectivity index (χ1v) is 11.6. The minimum Gasteiger partial charge on any atom is -0.349 e. The lowest BCUT2D eigenvalue weighted by atomic mass is 10.1. The number of nitrogens with one attached hydrogen (secondary N) is 1. The number of aromatic nitrogens is 3. The molecule has 1 saturated carbocycles. The third kappa shape index (κ3) is 4.28. The summed E-state index contributed by atoms with van der Waals surface area (Å²) < 4.78 is 2.15. The molecule has 1 amide bonds. The number of amides is 1. The fourth-order valence-electron chi connectivity index (χ4n) is 4.01. The minimum atomic E-state index is 0.00552. The van der Waals surface area contributed by atoms with Crippen molar-refractivity contribution in [2.24, 2.45) is 0 Å². The van der Waals surface area contributed by atoms with E-state index in [2.05, 4.69) is 35.0 Å². The quantitative estimate of drug-likeness (QED) is 0.370. The van der Waals surface area contributed by atoms with Crippen molar-refractivity contribution in [2.45, 2.75) is 51.5 Å². The monoisotopic (exact) mass is 424 g/mol. The fraction of sp³-hybridized carbons (Fsp3) is 0.296. The maximum Gasteiger partial charge on any atom is 0.251 e. The predicted molar refractivity (Wildman–Crippen MR) is 128 cm³/mol. The van der Waals surface area contributed by atoms with Crippen LogP contribution in [-0.2, 0) is 6.42 Å². The molecule has 0 radical (unpaired) electrons. The number of hydrogen-bond donors (Lipinski definition) is 1. The summed E-state index contributed by atoms with van der Waals surface area (Å²) in [4.78, 5) is 22.1. The Morgan fingerprint density at radius 1 is 1.03 bits per heavy atom. The number of nitrogens with zero attached hydrogens (tertiary/aromatic N) is 3. The zero-order valence-electron chi connectivity index (χ0n) is 18.4. The predicted octanol–water partition coefficient (Wildman–Crippen LogP) is 5.69. The van der Waals surface area contributed by atoms with Crippen LogP contribution in [0.1, 0.15) is 55.1 Å². The maximum atomic E-state index is 12.3. The molecule has 1 aliphatic rings. The second-order valence-electron chi connectivity index (χ2n) is 8.56. The number of fused-ring (bicyclic) bond motifs is 1. The molecule has 5 nitrogen and oxygen atoms in total. The van der Waals surface area contributed by atoms with Crippen LogP contribution >= 0.6 is 0 Å². The van der Waals surface area contributed by atoms with Gasteiger partial charge in [0.2, 0.25) is 0 Å². The topological polar surface area (TPSA) is 59.3 Å². The van der Waals surface area contributed by atoms with Crippen LogP contribution in [0.25, 0.3) is 28.2 Å². The average molecular weight is 425 g/mol. The Bertz CT molecular complexity index is 1220. The standard InChI is InChI=1S/C27H28N4O/c1-2-3-5-10-23-26-28-17-25(31(26)18-24(30-23)19-8-6-4-7-9-19)20-11-13-21(14-12-20)27(32)29-22-15-16-22/h4,6-9,11-14,17-18,22H,2-3,5,10,15-16H2,1H3,(H,29,32). The summed E-state index contributed by atoms with van der Waals surface area (Å²) in [5.74, 6) is 0.00552. The Labute approximate surface area is 188 Å². The molecule has 0 spiro atoms. The van der Waals surface area contributed by atoms with Crippen LogP contribution in [-0.4, -0.2) is 26.3 Å². The molecule has 1 fully saturated rings. The Hall–Kier alpha value is -3.47. The number of aryl methyl sites for hydroxylation is 1. The van der Waals surface area contributed by atoms with E-state index in [1.54, 1.807) is 0 Å². The molecule has 2 aromatic carbocycles. The average Bonchev–Trinajstić information content (AvgIpc) is 3.54. The van der Waals surface area contributed by atoms with Gasteiger partial charge in [0.1, 0.15) is 0 Å². The number of carbonyl (C=O) groups excluding carboxylic acids is 1. The first-order chi connectivity index (χ1) is 15.7. The van der Waals surface area contributed by atoms with Crippen LogP contribution in [0.5, 0.6) is 0 Å². The van der Waals surface area contributed by atoms with Crippen LogP contribution in [0.2, 0.25) is 0 Å². The molecule has 2 heterocycles. The van der Waals surface area contributed by atoms with Crippen LogP contribution in [0.3, 0.4) is 0 Å². The first kappa shape index (κ1) is 20.4. The largest absolute Gasteiger partial charge is 0.349 e. The van der Waals surface area contributed by atoms with Crippen LogP contribution < -0.4 is 5.32 Å². The second kappa shape index (κ2) is 8.95. The Morgan fingerprint density at radius 2 is 1.81 bits per heavy atom.